The SMILES string of the molecule is CCOc1ccc(CNCCNc2ccc([N+](=O)[O-])cc2)cc1Br. The Morgan fingerprint density at radius 2 is 1.92 bits per heavy atom. The number of nitrogens with one attached hydrogen (secondary N) is 2. The molecule has 2 aromatic carbocycles. The minimum absolute atomic E-state index is 0.0970. The summed E-state index contributed by atoms with van der Waals surface area (Å²) in [5, 5.41) is 17.2. The van der Waals surface area contributed by atoms with Gasteiger partial charge in [0, 0.05) is 37.5 Å². The summed E-state index contributed by atoms with van der Waals surface area (Å²) in [7, 11) is 0. The maximum absolute atomic E-state index is 10.6. The number of anilines is 1. The quantitative estimate of drug-likeness (QED) is 0.383. The highest BCUT2D eigenvalue weighted by Crippen LogP contribution is 2.25. The summed E-state index contributed by atoms with van der Waals surface area (Å²) in [5.41, 5.74) is 2.13. The minimum atomic E-state index is -0.402. The van der Waals surface area contributed by atoms with Gasteiger partial charge < -0.3 is 15.4 Å². The standard InChI is InChI=1S/C17H20BrN3O3/c1-2-24-17-8-3-13(11-16(17)18)12-19-9-10-20-14-4-6-15(7-5-14)21(22)23/h3-8,11,19-20H,2,9-10,12H2,1H3. The van der Waals surface area contributed by atoms with Gasteiger partial charge in [-0.25, -0.2) is 0 Å². The molecule has 0 aliphatic heterocycles. The molecule has 6 nitrogen and oxygen atoms in total. The van der Waals surface area contributed by atoms with Crippen LogP contribution in [-0.4, -0.2) is 24.6 Å². The maximum atomic E-state index is 10.6. The number of non-ortho nitro benzene ring substituents is 1. The topological polar surface area (TPSA) is 76.4 Å². The molecule has 0 aliphatic rings. The van der Waals surface area contributed by atoms with Crippen LogP contribution in [0.2, 0.25) is 0 Å². The Kier molecular flexibility index (Phi) is 7.02. The van der Waals surface area contributed by atoms with Gasteiger partial charge in [0.15, 0.2) is 0 Å². The van der Waals surface area contributed by atoms with E-state index in [-0.39, 0.29) is 5.69 Å². The van der Waals surface area contributed by atoms with Crippen molar-refractivity contribution in [2.45, 2.75) is 13.5 Å². The lowest BCUT2D eigenvalue weighted by Gasteiger charge is -2.10. The maximum Gasteiger partial charge on any atom is 0.269 e. The lowest BCUT2D eigenvalue weighted by molar-refractivity contribution is -0.384. The van der Waals surface area contributed by atoms with Crippen molar-refractivity contribution in [3.8, 4) is 5.75 Å². The van der Waals surface area contributed by atoms with E-state index >= 15 is 0 Å². The average Bonchev–Trinajstić information content (AvgIpc) is 2.57. The van der Waals surface area contributed by atoms with Crippen LogP contribution in [0.5, 0.6) is 5.75 Å². The van der Waals surface area contributed by atoms with Gasteiger partial charge in [-0.2, -0.15) is 0 Å². The van der Waals surface area contributed by atoms with Crippen LogP contribution in [0.1, 0.15) is 12.5 Å². The van der Waals surface area contributed by atoms with Gasteiger partial charge in [-0.15, -0.1) is 0 Å². The fraction of sp³-hybridized carbons (Fsp3) is 0.294. The fourth-order valence-corrected chi connectivity index (χ4v) is 2.70. The molecule has 2 N–H and O–H groups in total. The molecule has 0 heterocycles. The molecule has 128 valence electrons. The van der Waals surface area contributed by atoms with Crippen LogP contribution in [0.15, 0.2) is 46.9 Å². The van der Waals surface area contributed by atoms with Gasteiger partial charge in [-0.1, -0.05) is 6.07 Å². The lowest BCUT2D eigenvalue weighted by atomic mass is 10.2. The number of hydrogen-bond donors (Lipinski definition) is 2. The lowest BCUT2D eigenvalue weighted by Crippen LogP contribution is -2.21. The third-order valence-electron chi connectivity index (χ3n) is 3.33. The molecule has 0 amide bonds. The van der Waals surface area contributed by atoms with Crippen molar-refractivity contribution >= 4 is 27.3 Å². The summed E-state index contributed by atoms with van der Waals surface area (Å²) in [6.45, 7) is 4.87. The van der Waals surface area contributed by atoms with E-state index in [1.807, 2.05) is 25.1 Å². The molecule has 0 saturated carbocycles. The zero-order valence-electron chi connectivity index (χ0n) is 13.4. The predicted octanol–water partition coefficient (Wildman–Crippen LogP) is 3.96. The monoisotopic (exact) mass is 393 g/mol. The molecule has 2 aromatic rings. The van der Waals surface area contributed by atoms with Crippen LogP contribution in [0.25, 0.3) is 0 Å². The summed E-state index contributed by atoms with van der Waals surface area (Å²) >= 11 is 3.50. The summed E-state index contributed by atoms with van der Waals surface area (Å²) in [6, 6.07) is 12.4. The summed E-state index contributed by atoms with van der Waals surface area (Å²) < 4.78 is 6.44. The molecule has 0 aromatic heterocycles. The predicted molar refractivity (Wildman–Crippen MR) is 98.6 cm³/mol. The highest BCUT2D eigenvalue weighted by atomic mass is 79.9. The number of benzene rings is 2. The van der Waals surface area contributed by atoms with Crippen molar-refractivity contribution in [3.63, 3.8) is 0 Å². The van der Waals surface area contributed by atoms with Crippen LogP contribution in [0, 0.1) is 10.1 Å². The van der Waals surface area contributed by atoms with Crippen LogP contribution in [-0.2, 0) is 6.54 Å². The van der Waals surface area contributed by atoms with Crippen LogP contribution in [0.3, 0.4) is 0 Å². The Morgan fingerprint density at radius 1 is 1.17 bits per heavy atom. The molecule has 0 spiro atoms. The highest BCUT2D eigenvalue weighted by Gasteiger charge is 2.04. The second kappa shape index (κ2) is 9.24. The molecule has 0 aliphatic carbocycles. The number of ether oxygens (including phenoxy) is 1. The Bertz CT molecular complexity index is 677. The third-order valence-corrected chi connectivity index (χ3v) is 3.95. The first-order chi connectivity index (χ1) is 11.6. The molecule has 0 radical (unpaired) electrons. The summed E-state index contributed by atoms with van der Waals surface area (Å²) in [6.07, 6.45) is 0. The third kappa shape index (κ3) is 5.50. The van der Waals surface area contributed by atoms with Gasteiger partial charge >= 0.3 is 0 Å². The normalized spacial score (nSPS) is 10.4. The zero-order valence-corrected chi connectivity index (χ0v) is 15.0. The van der Waals surface area contributed by atoms with E-state index < -0.39 is 4.92 Å². The van der Waals surface area contributed by atoms with Gasteiger partial charge in [0.2, 0.25) is 0 Å². The van der Waals surface area contributed by atoms with Crippen molar-refractivity contribution in [2.24, 2.45) is 0 Å². The Labute approximate surface area is 149 Å². The summed E-state index contributed by atoms with van der Waals surface area (Å²) in [5.74, 6) is 0.848. The van der Waals surface area contributed by atoms with E-state index in [4.69, 9.17) is 4.74 Å². The second-order valence-electron chi connectivity index (χ2n) is 5.11. The minimum Gasteiger partial charge on any atom is -0.493 e. The Hall–Kier alpha value is -2.12. The highest BCUT2D eigenvalue weighted by molar-refractivity contribution is 9.10. The molecule has 0 unspecified atom stereocenters. The van der Waals surface area contributed by atoms with Crippen molar-refractivity contribution in [3.05, 3.63) is 62.6 Å². The van der Waals surface area contributed by atoms with Gasteiger partial charge in [0.1, 0.15) is 5.75 Å². The molecule has 0 atom stereocenters. The first-order valence-corrected chi connectivity index (χ1v) is 8.49. The molecule has 7 heteroatoms. The summed E-state index contributed by atoms with van der Waals surface area (Å²) in [4.78, 5) is 10.2. The molecule has 0 saturated heterocycles. The molecule has 0 fully saturated rings. The Morgan fingerprint density at radius 3 is 2.54 bits per heavy atom. The van der Waals surface area contributed by atoms with E-state index in [2.05, 4.69) is 26.6 Å². The van der Waals surface area contributed by atoms with Gasteiger partial charge in [-0.05, 0) is 52.7 Å². The first kappa shape index (κ1) is 18.2. The molecule has 0 bridgehead atoms. The van der Waals surface area contributed by atoms with E-state index in [0.717, 1.165) is 35.5 Å². The van der Waals surface area contributed by atoms with Gasteiger partial charge in [-0.3, -0.25) is 10.1 Å². The number of rotatable bonds is 9. The van der Waals surface area contributed by atoms with E-state index in [1.54, 1.807) is 12.1 Å². The largest absolute Gasteiger partial charge is 0.493 e. The first-order valence-electron chi connectivity index (χ1n) is 7.70. The van der Waals surface area contributed by atoms with Crippen LogP contribution < -0.4 is 15.4 Å². The fourth-order valence-electron chi connectivity index (χ4n) is 2.16. The smallest absolute Gasteiger partial charge is 0.269 e. The molecule has 2 rings (SSSR count). The number of halogens is 1. The molecular weight excluding hydrogens is 374 g/mol. The van der Waals surface area contributed by atoms with E-state index in [9.17, 15) is 10.1 Å². The van der Waals surface area contributed by atoms with Crippen molar-refractivity contribution in [1.29, 1.82) is 0 Å². The number of nitro groups is 1. The van der Waals surface area contributed by atoms with Gasteiger partial charge in [0.05, 0.1) is 16.0 Å². The van der Waals surface area contributed by atoms with E-state index in [0.29, 0.717) is 6.61 Å². The average molecular weight is 394 g/mol. The number of nitrogens with zero attached hydrogens (tertiary/aromatic N) is 1. The van der Waals surface area contributed by atoms with Crippen molar-refractivity contribution in [1.82, 2.24) is 5.32 Å². The van der Waals surface area contributed by atoms with Crippen molar-refractivity contribution in [2.75, 3.05) is 25.0 Å². The second-order valence-corrected chi connectivity index (χ2v) is 5.96. The Balaban J connectivity index is 1.71. The van der Waals surface area contributed by atoms with Crippen molar-refractivity contribution < 1.29 is 9.66 Å². The zero-order chi connectivity index (χ0) is 17.4. The molecule has 24 heavy (non-hydrogen) atoms. The van der Waals surface area contributed by atoms with Gasteiger partial charge in [0.25, 0.3) is 5.69 Å². The van der Waals surface area contributed by atoms with E-state index in [1.165, 1.54) is 17.7 Å². The number of hydrogen-bond acceptors (Lipinski definition) is 5. The molecular formula is C17H20BrN3O3. The van der Waals surface area contributed by atoms with Crippen LogP contribution >= 0.6 is 15.9 Å². The number of nitro benzene ring substituents is 1. The van der Waals surface area contributed by atoms with Crippen LogP contribution in [0.4, 0.5) is 11.4 Å².